The van der Waals surface area contributed by atoms with Gasteiger partial charge in [0.25, 0.3) is 0 Å². The molecule has 0 bridgehead atoms. The quantitative estimate of drug-likeness (QED) is 0.666. The molecule has 3 aromatic rings. The van der Waals surface area contributed by atoms with Gasteiger partial charge in [-0.15, -0.1) is 0 Å². The Morgan fingerprint density at radius 3 is 2.68 bits per heavy atom. The highest BCUT2D eigenvalue weighted by Gasteiger charge is 2.30. The number of ether oxygens (including phenoxy) is 1. The summed E-state index contributed by atoms with van der Waals surface area (Å²) >= 11 is 0. The lowest BCUT2D eigenvalue weighted by Crippen LogP contribution is -2.42. The van der Waals surface area contributed by atoms with Crippen molar-refractivity contribution in [2.24, 2.45) is 5.92 Å². The molecule has 1 aliphatic rings. The molecule has 2 aromatic carbocycles. The minimum absolute atomic E-state index is 0.0279. The molecule has 162 valence electrons. The number of aromatic nitrogens is 1. The molecular weight excluding hydrogens is 390 g/mol. The first-order chi connectivity index (χ1) is 15.1. The molecule has 0 aliphatic carbocycles. The van der Waals surface area contributed by atoms with E-state index in [9.17, 15) is 9.59 Å². The third kappa shape index (κ3) is 4.64. The van der Waals surface area contributed by atoms with Gasteiger partial charge in [-0.05, 0) is 62.2 Å². The van der Waals surface area contributed by atoms with E-state index in [4.69, 9.17) is 4.74 Å². The molecule has 0 radical (unpaired) electrons. The van der Waals surface area contributed by atoms with E-state index in [1.165, 1.54) is 11.6 Å². The van der Waals surface area contributed by atoms with Crippen LogP contribution in [0.4, 0.5) is 0 Å². The van der Waals surface area contributed by atoms with Crippen LogP contribution in [0.5, 0.6) is 5.75 Å². The molecule has 31 heavy (non-hydrogen) atoms. The minimum Gasteiger partial charge on any atom is -0.497 e. The normalized spacial score (nSPS) is 19.3. The Kier molecular flexibility index (Phi) is 6.37. The van der Waals surface area contributed by atoms with Crippen molar-refractivity contribution >= 4 is 16.8 Å². The Bertz CT molecular complexity index is 1110. The lowest BCUT2D eigenvalue weighted by atomic mass is 9.85. The van der Waals surface area contributed by atoms with E-state index >= 15 is 0 Å². The fourth-order valence-corrected chi connectivity index (χ4v) is 4.65. The maximum Gasteiger partial charge on any atom is 0.239 e. The average Bonchev–Trinajstić information content (AvgIpc) is 2.80. The number of nitrogens with one attached hydrogen (secondary N) is 1. The second kappa shape index (κ2) is 9.35. The van der Waals surface area contributed by atoms with Crippen molar-refractivity contribution < 1.29 is 9.53 Å². The third-order valence-corrected chi connectivity index (χ3v) is 6.22. The van der Waals surface area contributed by atoms with E-state index < -0.39 is 0 Å². The second-order valence-corrected chi connectivity index (χ2v) is 8.23. The summed E-state index contributed by atoms with van der Waals surface area (Å²) in [6, 6.07) is 17.4. The first-order valence-corrected chi connectivity index (χ1v) is 10.8. The van der Waals surface area contributed by atoms with Gasteiger partial charge >= 0.3 is 0 Å². The summed E-state index contributed by atoms with van der Waals surface area (Å²) < 4.78 is 7.12. The van der Waals surface area contributed by atoms with Gasteiger partial charge < -0.3 is 14.6 Å². The molecule has 6 nitrogen and oxygen atoms in total. The van der Waals surface area contributed by atoms with Gasteiger partial charge in [0.1, 0.15) is 12.3 Å². The number of methoxy groups -OCH3 is 1. The maximum atomic E-state index is 12.8. The Morgan fingerprint density at radius 2 is 1.90 bits per heavy atom. The van der Waals surface area contributed by atoms with Crippen LogP contribution in [0.25, 0.3) is 10.9 Å². The number of fused-ring (bicyclic) bond motifs is 1. The van der Waals surface area contributed by atoms with Crippen LogP contribution in [-0.4, -0.2) is 42.6 Å². The number of carbonyl (C=O) groups is 1. The Labute approximate surface area is 182 Å². The average molecular weight is 420 g/mol. The molecule has 1 aromatic heterocycles. The van der Waals surface area contributed by atoms with Crippen molar-refractivity contribution in [2.75, 3.05) is 27.2 Å². The lowest BCUT2D eigenvalue weighted by molar-refractivity contribution is -0.122. The molecule has 1 fully saturated rings. The molecule has 2 heterocycles. The number of rotatable bonds is 6. The molecule has 4 rings (SSSR count). The molecule has 1 aliphatic heterocycles. The SMILES string of the molecule is COc1ccc(C2C(CNC(=O)Cn3ccc(=O)c4ccccc43)CCCN2C)cc1. The number of hydrogen-bond donors (Lipinski definition) is 1. The largest absolute Gasteiger partial charge is 0.497 e. The van der Waals surface area contributed by atoms with Crippen molar-refractivity contribution in [1.82, 2.24) is 14.8 Å². The molecule has 1 N–H and O–H groups in total. The fourth-order valence-electron chi connectivity index (χ4n) is 4.65. The van der Waals surface area contributed by atoms with E-state index in [0.717, 1.165) is 30.7 Å². The van der Waals surface area contributed by atoms with Gasteiger partial charge in [0.2, 0.25) is 5.91 Å². The highest BCUT2D eigenvalue weighted by Crippen LogP contribution is 2.35. The predicted octanol–water partition coefficient (Wildman–Crippen LogP) is 3.21. The van der Waals surface area contributed by atoms with Gasteiger partial charge in [0.15, 0.2) is 5.43 Å². The summed E-state index contributed by atoms with van der Waals surface area (Å²) in [5, 5.41) is 3.76. The van der Waals surface area contributed by atoms with Crippen LogP contribution in [0.3, 0.4) is 0 Å². The first-order valence-electron chi connectivity index (χ1n) is 10.8. The van der Waals surface area contributed by atoms with Crippen LogP contribution in [0.15, 0.2) is 65.6 Å². The predicted molar refractivity (Wildman–Crippen MR) is 122 cm³/mol. The maximum absolute atomic E-state index is 12.8. The number of likely N-dealkylation sites (tertiary alicyclic amines) is 1. The lowest BCUT2D eigenvalue weighted by Gasteiger charge is -2.39. The van der Waals surface area contributed by atoms with Crippen LogP contribution in [0, 0.1) is 5.92 Å². The smallest absolute Gasteiger partial charge is 0.239 e. The number of amides is 1. The molecule has 0 spiro atoms. The number of benzene rings is 2. The van der Waals surface area contributed by atoms with Crippen LogP contribution in [0.1, 0.15) is 24.4 Å². The molecule has 1 saturated heterocycles. The zero-order chi connectivity index (χ0) is 21.8. The summed E-state index contributed by atoms with van der Waals surface area (Å²) in [6.45, 7) is 1.86. The summed E-state index contributed by atoms with van der Waals surface area (Å²) in [7, 11) is 3.82. The highest BCUT2D eigenvalue weighted by molar-refractivity contribution is 5.82. The topological polar surface area (TPSA) is 63.6 Å². The van der Waals surface area contributed by atoms with Gasteiger partial charge in [0, 0.05) is 30.2 Å². The molecule has 6 heteroatoms. The van der Waals surface area contributed by atoms with Crippen LogP contribution in [0.2, 0.25) is 0 Å². The monoisotopic (exact) mass is 419 g/mol. The van der Waals surface area contributed by atoms with Gasteiger partial charge in [0.05, 0.1) is 12.6 Å². The van der Waals surface area contributed by atoms with Gasteiger partial charge in [-0.25, -0.2) is 0 Å². The summed E-state index contributed by atoms with van der Waals surface area (Å²) in [4.78, 5) is 27.2. The third-order valence-electron chi connectivity index (χ3n) is 6.22. The number of piperidine rings is 1. The number of nitrogens with zero attached hydrogens (tertiary/aromatic N) is 2. The van der Waals surface area contributed by atoms with Crippen molar-refractivity contribution in [3.63, 3.8) is 0 Å². The van der Waals surface area contributed by atoms with Crippen molar-refractivity contribution in [3.8, 4) is 5.75 Å². The van der Waals surface area contributed by atoms with E-state index in [2.05, 4.69) is 29.4 Å². The standard InChI is InChI=1S/C25H29N3O3/c1-27-14-5-6-19(25(27)18-9-11-20(31-2)12-10-18)16-26-24(30)17-28-15-13-23(29)21-7-3-4-8-22(21)28/h3-4,7-13,15,19,25H,5-6,14,16-17H2,1-2H3,(H,26,30). The van der Waals surface area contributed by atoms with Gasteiger partial charge in [-0.1, -0.05) is 24.3 Å². The van der Waals surface area contributed by atoms with E-state index in [1.807, 2.05) is 34.9 Å². The molecular formula is C25H29N3O3. The van der Waals surface area contributed by atoms with Crippen molar-refractivity contribution in [1.29, 1.82) is 0 Å². The molecule has 0 saturated carbocycles. The van der Waals surface area contributed by atoms with Crippen LogP contribution < -0.4 is 15.5 Å². The number of carbonyl (C=O) groups excluding carboxylic acids is 1. The van der Waals surface area contributed by atoms with Crippen molar-refractivity contribution in [2.45, 2.75) is 25.4 Å². The highest BCUT2D eigenvalue weighted by atomic mass is 16.5. The van der Waals surface area contributed by atoms with E-state index in [1.54, 1.807) is 19.4 Å². The van der Waals surface area contributed by atoms with E-state index in [0.29, 0.717) is 17.8 Å². The zero-order valence-electron chi connectivity index (χ0n) is 18.1. The number of pyridine rings is 1. The van der Waals surface area contributed by atoms with E-state index in [-0.39, 0.29) is 23.9 Å². The number of para-hydroxylation sites is 1. The Morgan fingerprint density at radius 1 is 1.13 bits per heavy atom. The van der Waals surface area contributed by atoms with Gasteiger partial charge in [-0.3, -0.25) is 14.5 Å². The molecule has 2 atom stereocenters. The zero-order valence-corrected chi connectivity index (χ0v) is 18.1. The molecule has 1 amide bonds. The first kappa shape index (κ1) is 21.1. The van der Waals surface area contributed by atoms with Gasteiger partial charge in [-0.2, -0.15) is 0 Å². The van der Waals surface area contributed by atoms with Crippen LogP contribution >= 0.6 is 0 Å². The summed E-state index contributed by atoms with van der Waals surface area (Å²) in [5.41, 5.74) is 1.99. The summed E-state index contributed by atoms with van der Waals surface area (Å²) in [5.74, 6) is 1.14. The Balaban J connectivity index is 1.45. The second-order valence-electron chi connectivity index (χ2n) is 8.23. The number of hydrogen-bond acceptors (Lipinski definition) is 4. The molecule has 2 unspecified atom stereocenters. The Hall–Kier alpha value is -3.12. The van der Waals surface area contributed by atoms with Crippen LogP contribution in [-0.2, 0) is 11.3 Å². The summed E-state index contributed by atoms with van der Waals surface area (Å²) in [6.07, 6.45) is 3.88. The fraction of sp³-hybridized carbons (Fsp3) is 0.360. The van der Waals surface area contributed by atoms with Crippen molar-refractivity contribution in [3.05, 3.63) is 76.6 Å². The minimum atomic E-state index is -0.0458.